The zero-order valence-electron chi connectivity index (χ0n) is 10.6. The second kappa shape index (κ2) is 7.82. The third-order valence-corrected chi connectivity index (χ3v) is 3.73. The lowest BCUT2D eigenvalue weighted by molar-refractivity contribution is 0.133. The summed E-state index contributed by atoms with van der Waals surface area (Å²) < 4.78 is 5.48. The molecule has 3 heteroatoms. The normalized spacial score (nSPS) is 10.9. The van der Waals surface area contributed by atoms with Gasteiger partial charge in [-0.1, -0.05) is 13.3 Å². The Morgan fingerprint density at radius 1 is 1.31 bits per heavy atom. The molecule has 0 amide bonds. The minimum Gasteiger partial charge on any atom is -0.380 e. The summed E-state index contributed by atoms with van der Waals surface area (Å²) in [4.78, 5) is 2.85. The number of nitrogens with one attached hydrogen (secondary N) is 1. The summed E-state index contributed by atoms with van der Waals surface area (Å²) in [5.41, 5.74) is 1.40. The zero-order valence-corrected chi connectivity index (χ0v) is 11.5. The highest BCUT2D eigenvalue weighted by molar-refractivity contribution is 7.12. The van der Waals surface area contributed by atoms with Crippen LogP contribution in [0.3, 0.4) is 0 Å². The first kappa shape index (κ1) is 13.7. The van der Waals surface area contributed by atoms with Crippen LogP contribution in [0.5, 0.6) is 0 Å². The van der Waals surface area contributed by atoms with Crippen LogP contribution in [0.25, 0.3) is 0 Å². The van der Waals surface area contributed by atoms with E-state index >= 15 is 0 Å². The van der Waals surface area contributed by atoms with Crippen LogP contribution in [0.1, 0.15) is 35.1 Å². The molecule has 0 aromatic carbocycles. The van der Waals surface area contributed by atoms with Gasteiger partial charge < -0.3 is 10.1 Å². The molecule has 1 heterocycles. The van der Waals surface area contributed by atoms with E-state index < -0.39 is 0 Å². The maximum absolute atomic E-state index is 5.48. The average molecular weight is 241 g/mol. The highest BCUT2D eigenvalue weighted by atomic mass is 32.1. The van der Waals surface area contributed by atoms with Crippen LogP contribution in [-0.2, 0) is 11.3 Å². The van der Waals surface area contributed by atoms with Crippen LogP contribution in [0.15, 0.2) is 6.07 Å². The number of ether oxygens (including phenoxy) is 1. The fourth-order valence-corrected chi connectivity index (χ4v) is 2.46. The molecule has 1 aromatic heterocycles. The summed E-state index contributed by atoms with van der Waals surface area (Å²) >= 11 is 1.88. The Morgan fingerprint density at radius 3 is 2.75 bits per heavy atom. The van der Waals surface area contributed by atoms with E-state index in [1.807, 2.05) is 11.3 Å². The molecule has 0 fully saturated rings. The van der Waals surface area contributed by atoms with E-state index in [2.05, 4.69) is 32.2 Å². The Hall–Kier alpha value is -0.380. The molecule has 0 bridgehead atoms. The number of aryl methyl sites for hydroxylation is 2. The summed E-state index contributed by atoms with van der Waals surface area (Å²) in [7, 11) is 0. The minimum atomic E-state index is 0.823. The molecule has 0 aliphatic carbocycles. The van der Waals surface area contributed by atoms with Gasteiger partial charge in [0.05, 0.1) is 6.61 Å². The molecular formula is C13H23NOS. The number of hydrogen-bond acceptors (Lipinski definition) is 3. The van der Waals surface area contributed by atoms with Crippen molar-refractivity contribution in [3.63, 3.8) is 0 Å². The van der Waals surface area contributed by atoms with Gasteiger partial charge in [0.2, 0.25) is 0 Å². The fraction of sp³-hybridized carbons (Fsp3) is 0.692. The highest BCUT2D eigenvalue weighted by Crippen LogP contribution is 2.19. The van der Waals surface area contributed by atoms with Crippen LogP contribution < -0.4 is 5.32 Å². The summed E-state index contributed by atoms with van der Waals surface area (Å²) in [6, 6.07) is 2.27. The van der Waals surface area contributed by atoms with E-state index in [0.717, 1.165) is 26.3 Å². The fourth-order valence-electron chi connectivity index (χ4n) is 1.44. The van der Waals surface area contributed by atoms with Gasteiger partial charge in [-0.3, -0.25) is 0 Å². The number of unbranched alkanes of at least 4 members (excludes halogenated alkanes) is 1. The largest absolute Gasteiger partial charge is 0.380 e. The predicted molar refractivity (Wildman–Crippen MR) is 71.2 cm³/mol. The first-order valence-electron chi connectivity index (χ1n) is 6.08. The lowest BCUT2D eigenvalue weighted by atomic mass is 10.3. The second-order valence-corrected chi connectivity index (χ2v) is 5.44. The molecule has 0 aliphatic rings. The molecule has 1 aromatic rings. The Kier molecular flexibility index (Phi) is 6.69. The van der Waals surface area contributed by atoms with Crippen LogP contribution >= 0.6 is 11.3 Å². The van der Waals surface area contributed by atoms with Crippen LogP contribution in [-0.4, -0.2) is 19.8 Å². The molecule has 0 saturated heterocycles. The summed E-state index contributed by atoms with van der Waals surface area (Å²) in [5, 5.41) is 3.40. The quantitative estimate of drug-likeness (QED) is 0.705. The average Bonchev–Trinajstić information content (AvgIpc) is 2.57. The first-order valence-corrected chi connectivity index (χ1v) is 6.90. The van der Waals surface area contributed by atoms with Gasteiger partial charge in [0.15, 0.2) is 0 Å². The van der Waals surface area contributed by atoms with Crippen LogP contribution in [0.2, 0.25) is 0 Å². The third kappa shape index (κ3) is 5.10. The van der Waals surface area contributed by atoms with Gasteiger partial charge in [0.25, 0.3) is 0 Å². The van der Waals surface area contributed by atoms with Crippen LogP contribution in [0.4, 0.5) is 0 Å². The lowest BCUT2D eigenvalue weighted by Gasteiger charge is -2.04. The number of thiophene rings is 1. The zero-order chi connectivity index (χ0) is 11.8. The Labute approximate surface area is 103 Å². The molecule has 0 spiro atoms. The monoisotopic (exact) mass is 241 g/mol. The van der Waals surface area contributed by atoms with Crippen molar-refractivity contribution < 1.29 is 4.74 Å². The van der Waals surface area contributed by atoms with Crippen molar-refractivity contribution >= 4 is 11.3 Å². The first-order chi connectivity index (χ1) is 7.74. The predicted octanol–water partition coefficient (Wildman–Crippen LogP) is 3.27. The van der Waals surface area contributed by atoms with Crippen molar-refractivity contribution in [1.82, 2.24) is 5.32 Å². The SMILES string of the molecule is CCCCOCCNCc1cc(C)c(C)s1. The number of hydrogen-bond donors (Lipinski definition) is 1. The van der Waals surface area contributed by atoms with Crippen molar-refractivity contribution in [3.05, 3.63) is 21.4 Å². The van der Waals surface area contributed by atoms with Gasteiger partial charge in [-0.15, -0.1) is 11.3 Å². The van der Waals surface area contributed by atoms with Crippen LogP contribution in [0, 0.1) is 13.8 Å². The van der Waals surface area contributed by atoms with Crippen molar-refractivity contribution in [2.24, 2.45) is 0 Å². The summed E-state index contributed by atoms with van der Waals surface area (Å²) in [6.45, 7) is 10.2. The van der Waals surface area contributed by atoms with E-state index in [-0.39, 0.29) is 0 Å². The Balaban J connectivity index is 2.03. The summed E-state index contributed by atoms with van der Waals surface area (Å²) in [6.07, 6.45) is 2.38. The molecule has 0 radical (unpaired) electrons. The maximum Gasteiger partial charge on any atom is 0.0591 e. The highest BCUT2D eigenvalue weighted by Gasteiger charge is 2.00. The molecular weight excluding hydrogens is 218 g/mol. The van der Waals surface area contributed by atoms with Gasteiger partial charge in [0.1, 0.15) is 0 Å². The summed E-state index contributed by atoms with van der Waals surface area (Å²) in [5.74, 6) is 0. The molecule has 0 saturated carbocycles. The van der Waals surface area contributed by atoms with Crippen molar-refractivity contribution in [2.75, 3.05) is 19.8 Å². The van der Waals surface area contributed by atoms with E-state index in [9.17, 15) is 0 Å². The van der Waals surface area contributed by atoms with E-state index in [0.29, 0.717) is 0 Å². The van der Waals surface area contributed by atoms with E-state index in [1.165, 1.54) is 28.2 Å². The molecule has 0 aliphatic heterocycles. The minimum absolute atomic E-state index is 0.823. The van der Waals surface area contributed by atoms with E-state index in [1.54, 1.807) is 0 Å². The van der Waals surface area contributed by atoms with Gasteiger partial charge in [0, 0.05) is 29.5 Å². The van der Waals surface area contributed by atoms with Gasteiger partial charge in [-0.2, -0.15) is 0 Å². The van der Waals surface area contributed by atoms with Gasteiger partial charge in [-0.25, -0.2) is 0 Å². The molecule has 1 N–H and O–H groups in total. The Morgan fingerprint density at radius 2 is 2.12 bits per heavy atom. The standard InChI is InChI=1S/C13H23NOS/c1-4-5-7-15-8-6-14-10-13-9-11(2)12(3)16-13/h9,14H,4-8,10H2,1-3H3. The molecule has 16 heavy (non-hydrogen) atoms. The molecule has 0 atom stereocenters. The Bertz CT molecular complexity index is 277. The topological polar surface area (TPSA) is 21.3 Å². The smallest absolute Gasteiger partial charge is 0.0591 e. The maximum atomic E-state index is 5.48. The molecule has 1 rings (SSSR count). The van der Waals surface area contributed by atoms with Crippen molar-refractivity contribution in [3.8, 4) is 0 Å². The number of rotatable bonds is 8. The third-order valence-electron chi connectivity index (χ3n) is 2.58. The van der Waals surface area contributed by atoms with Gasteiger partial charge >= 0.3 is 0 Å². The molecule has 92 valence electrons. The van der Waals surface area contributed by atoms with E-state index in [4.69, 9.17) is 4.74 Å². The second-order valence-electron chi connectivity index (χ2n) is 4.09. The molecule has 2 nitrogen and oxygen atoms in total. The van der Waals surface area contributed by atoms with Crippen molar-refractivity contribution in [2.45, 2.75) is 40.2 Å². The molecule has 0 unspecified atom stereocenters. The van der Waals surface area contributed by atoms with Crippen molar-refractivity contribution in [1.29, 1.82) is 0 Å². The van der Waals surface area contributed by atoms with Gasteiger partial charge in [-0.05, 0) is 31.9 Å². The lowest BCUT2D eigenvalue weighted by Crippen LogP contribution is -2.18.